The molecule has 1 fully saturated rings. The quantitative estimate of drug-likeness (QED) is 0.525. The zero-order chi connectivity index (χ0) is 17.5. The molecule has 4 aromatic carbocycles. The van der Waals surface area contributed by atoms with Crippen LogP contribution in [-0.4, -0.2) is 6.03 Å². The number of carbonyl (C=O) groups is 1. The Morgan fingerprint density at radius 2 is 0.962 bits per heavy atom. The number of urea groups is 1. The van der Waals surface area contributed by atoms with E-state index in [1.807, 2.05) is 24.3 Å². The highest BCUT2D eigenvalue weighted by atomic mass is 16.2. The van der Waals surface area contributed by atoms with Crippen LogP contribution in [0.1, 0.15) is 23.2 Å². The molecule has 4 aromatic rings. The number of hydrogen-bond donors (Lipinski definition) is 2. The van der Waals surface area contributed by atoms with Crippen LogP contribution in [0, 0.1) is 0 Å². The van der Waals surface area contributed by atoms with E-state index < -0.39 is 0 Å². The van der Waals surface area contributed by atoms with E-state index in [4.69, 9.17) is 0 Å². The molecule has 26 heavy (non-hydrogen) atoms. The second kappa shape index (κ2) is 5.88. The highest BCUT2D eigenvalue weighted by Crippen LogP contribution is 2.35. The van der Waals surface area contributed by atoms with E-state index in [1.165, 1.54) is 21.5 Å². The first kappa shape index (κ1) is 15.0. The van der Waals surface area contributed by atoms with Gasteiger partial charge in [-0.3, -0.25) is 0 Å². The minimum Gasteiger partial charge on any atom is -0.329 e. The Labute approximate surface area is 151 Å². The molecule has 1 saturated heterocycles. The fourth-order valence-electron chi connectivity index (χ4n) is 3.84. The molecule has 1 heterocycles. The van der Waals surface area contributed by atoms with Gasteiger partial charge in [-0.2, -0.15) is 0 Å². The number of amides is 2. The van der Waals surface area contributed by atoms with Gasteiger partial charge in [-0.1, -0.05) is 72.8 Å². The van der Waals surface area contributed by atoms with Crippen LogP contribution in [0.2, 0.25) is 0 Å². The number of nitrogens with one attached hydrogen (secondary N) is 2. The lowest BCUT2D eigenvalue weighted by molar-refractivity contribution is 0.247. The summed E-state index contributed by atoms with van der Waals surface area (Å²) in [6, 6.07) is 29.1. The second-order valence-corrected chi connectivity index (χ2v) is 6.79. The third-order valence-electron chi connectivity index (χ3n) is 5.17. The van der Waals surface area contributed by atoms with Gasteiger partial charge in [0.15, 0.2) is 0 Å². The summed E-state index contributed by atoms with van der Waals surface area (Å²) in [5.74, 6) is 0. The van der Waals surface area contributed by atoms with Crippen molar-refractivity contribution < 1.29 is 4.79 Å². The number of benzene rings is 4. The Morgan fingerprint density at radius 1 is 0.538 bits per heavy atom. The zero-order valence-corrected chi connectivity index (χ0v) is 14.1. The van der Waals surface area contributed by atoms with E-state index in [9.17, 15) is 4.79 Å². The Morgan fingerprint density at radius 3 is 1.42 bits per heavy atom. The van der Waals surface area contributed by atoms with Crippen LogP contribution < -0.4 is 10.6 Å². The fraction of sp³-hybridized carbons (Fsp3) is 0.0870. The van der Waals surface area contributed by atoms with Gasteiger partial charge in [0.05, 0.1) is 12.1 Å². The van der Waals surface area contributed by atoms with Gasteiger partial charge in [0, 0.05) is 0 Å². The summed E-state index contributed by atoms with van der Waals surface area (Å²) >= 11 is 0. The molecule has 0 saturated carbocycles. The van der Waals surface area contributed by atoms with Crippen molar-refractivity contribution in [3.63, 3.8) is 0 Å². The summed E-state index contributed by atoms with van der Waals surface area (Å²) in [7, 11) is 0. The summed E-state index contributed by atoms with van der Waals surface area (Å²) in [6.07, 6.45) is 0. The highest BCUT2D eigenvalue weighted by molar-refractivity contribution is 5.85. The first-order valence-corrected chi connectivity index (χ1v) is 8.82. The van der Waals surface area contributed by atoms with Crippen molar-refractivity contribution in [3.05, 3.63) is 96.1 Å². The molecule has 3 heteroatoms. The zero-order valence-electron chi connectivity index (χ0n) is 14.1. The maximum atomic E-state index is 12.1. The predicted octanol–water partition coefficient (Wildman–Crippen LogP) is 5.09. The fourth-order valence-corrected chi connectivity index (χ4v) is 3.84. The monoisotopic (exact) mass is 338 g/mol. The maximum absolute atomic E-state index is 12.1. The molecular weight excluding hydrogens is 320 g/mol. The number of fused-ring (bicyclic) bond motifs is 2. The van der Waals surface area contributed by atoms with Crippen molar-refractivity contribution in [2.75, 3.05) is 0 Å². The minimum absolute atomic E-state index is 0.0896. The molecule has 2 N–H and O–H groups in total. The Hall–Kier alpha value is -3.33. The molecule has 5 rings (SSSR count). The standard InChI is InChI=1S/C23H18N2O/c26-23-24-21(19-11-9-15-5-1-3-7-17(15)13-19)22(25-23)20-12-10-16-6-2-4-8-18(16)14-20/h1-14,21-22H,(H2,24,25,26)/t21-,22-/m1/s1. The molecule has 2 atom stereocenters. The molecule has 0 aromatic heterocycles. The van der Waals surface area contributed by atoms with E-state index in [0.29, 0.717) is 0 Å². The van der Waals surface area contributed by atoms with Crippen molar-refractivity contribution in [1.29, 1.82) is 0 Å². The van der Waals surface area contributed by atoms with Crippen LogP contribution in [0.3, 0.4) is 0 Å². The largest absolute Gasteiger partial charge is 0.329 e. The van der Waals surface area contributed by atoms with E-state index in [-0.39, 0.29) is 18.1 Å². The third-order valence-corrected chi connectivity index (χ3v) is 5.17. The smallest absolute Gasteiger partial charge is 0.315 e. The number of rotatable bonds is 2. The topological polar surface area (TPSA) is 41.1 Å². The van der Waals surface area contributed by atoms with Gasteiger partial charge in [-0.05, 0) is 44.8 Å². The average Bonchev–Trinajstić information content (AvgIpc) is 3.09. The van der Waals surface area contributed by atoms with E-state index in [0.717, 1.165) is 11.1 Å². The molecule has 0 aliphatic carbocycles. The van der Waals surface area contributed by atoms with Crippen molar-refractivity contribution in [2.45, 2.75) is 12.1 Å². The van der Waals surface area contributed by atoms with Gasteiger partial charge in [-0.15, -0.1) is 0 Å². The molecule has 2 amide bonds. The van der Waals surface area contributed by atoms with Gasteiger partial charge in [0.2, 0.25) is 0 Å². The normalized spacial score (nSPS) is 19.5. The third kappa shape index (κ3) is 2.49. The molecule has 1 aliphatic rings. The van der Waals surface area contributed by atoms with Crippen molar-refractivity contribution in [1.82, 2.24) is 10.6 Å². The van der Waals surface area contributed by atoms with Crippen LogP contribution in [0.4, 0.5) is 4.79 Å². The molecule has 0 spiro atoms. The summed E-state index contributed by atoms with van der Waals surface area (Å²) < 4.78 is 0. The summed E-state index contributed by atoms with van der Waals surface area (Å²) in [5, 5.41) is 10.9. The van der Waals surface area contributed by atoms with Crippen molar-refractivity contribution in [2.24, 2.45) is 0 Å². The van der Waals surface area contributed by atoms with Gasteiger partial charge < -0.3 is 10.6 Å². The number of hydrogen-bond acceptors (Lipinski definition) is 1. The lowest BCUT2D eigenvalue weighted by atomic mass is 9.92. The molecule has 0 radical (unpaired) electrons. The van der Waals surface area contributed by atoms with Crippen LogP contribution in [0.25, 0.3) is 21.5 Å². The lowest BCUT2D eigenvalue weighted by Gasteiger charge is -2.20. The Kier molecular flexibility index (Phi) is 3.39. The van der Waals surface area contributed by atoms with Gasteiger partial charge in [-0.25, -0.2) is 4.79 Å². The average molecular weight is 338 g/mol. The summed E-state index contributed by atoms with van der Waals surface area (Å²) in [5.41, 5.74) is 2.22. The molecule has 1 aliphatic heterocycles. The molecular formula is C23H18N2O. The molecule has 3 nitrogen and oxygen atoms in total. The van der Waals surface area contributed by atoms with Crippen LogP contribution in [-0.2, 0) is 0 Å². The first-order valence-electron chi connectivity index (χ1n) is 8.82. The maximum Gasteiger partial charge on any atom is 0.315 e. The van der Waals surface area contributed by atoms with E-state index >= 15 is 0 Å². The second-order valence-electron chi connectivity index (χ2n) is 6.79. The van der Waals surface area contributed by atoms with Gasteiger partial charge in [0.1, 0.15) is 0 Å². The van der Waals surface area contributed by atoms with E-state index in [1.54, 1.807) is 0 Å². The molecule has 0 unspecified atom stereocenters. The van der Waals surface area contributed by atoms with Crippen molar-refractivity contribution in [3.8, 4) is 0 Å². The number of carbonyl (C=O) groups excluding carboxylic acids is 1. The minimum atomic E-state index is -0.124. The van der Waals surface area contributed by atoms with Crippen LogP contribution in [0.5, 0.6) is 0 Å². The predicted molar refractivity (Wildman–Crippen MR) is 105 cm³/mol. The first-order chi connectivity index (χ1) is 12.8. The van der Waals surface area contributed by atoms with Crippen LogP contribution in [0.15, 0.2) is 84.9 Å². The molecule has 126 valence electrons. The Bertz CT molecular complexity index is 1050. The summed E-state index contributed by atoms with van der Waals surface area (Å²) in [4.78, 5) is 12.1. The van der Waals surface area contributed by atoms with E-state index in [2.05, 4.69) is 71.3 Å². The van der Waals surface area contributed by atoms with Crippen LogP contribution >= 0.6 is 0 Å². The SMILES string of the molecule is O=C1N[C@H](c2ccc3ccccc3c2)[C@@H](c2ccc3ccccc3c2)N1. The molecule has 0 bridgehead atoms. The van der Waals surface area contributed by atoms with Gasteiger partial charge in [0.25, 0.3) is 0 Å². The van der Waals surface area contributed by atoms with Gasteiger partial charge >= 0.3 is 6.03 Å². The highest BCUT2D eigenvalue weighted by Gasteiger charge is 2.34. The van der Waals surface area contributed by atoms with Crippen molar-refractivity contribution >= 4 is 27.6 Å². The lowest BCUT2D eigenvalue weighted by Crippen LogP contribution is -2.22. The Balaban J connectivity index is 1.58. The summed E-state index contributed by atoms with van der Waals surface area (Å²) in [6.45, 7) is 0.